The van der Waals surface area contributed by atoms with E-state index in [1.165, 1.54) is 11.3 Å². The van der Waals surface area contributed by atoms with Crippen LogP contribution in [0.1, 0.15) is 50.9 Å². The molecule has 2 heterocycles. The maximum absolute atomic E-state index is 13.0. The highest BCUT2D eigenvalue weighted by Crippen LogP contribution is 2.26. The van der Waals surface area contributed by atoms with E-state index in [1.54, 1.807) is 15.8 Å². The molecule has 2 amide bonds. The highest BCUT2D eigenvalue weighted by molar-refractivity contribution is 5.87. The van der Waals surface area contributed by atoms with Crippen LogP contribution in [0.3, 0.4) is 0 Å². The van der Waals surface area contributed by atoms with Crippen molar-refractivity contribution in [3.05, 3.63) is 41.7 Å². The van der Waals surface area contributed by atoms with Crippen LogP contribution in [0.25, 0.3) is 0 Å². The average Bonchev–Trinajstić information content (AvgIpc) is 3.19. The standard InChI is InChI=1S/C23H34N6O2/c1-5-27(19-9-6-8-18(4)13-19)11-7-10-24-22(30)16-28-15-20-14-25-26-29(20)21(23(28)31)12-17(2)3/h6,8-9,13-14,17,21H,5,7,10-12,15-16H2,1-4H3,(H,24,30)/t21-/m0/s1. The Labute approximate surface area is 184 Å². The third-order valence-corrected chi connectivity index (χ3v) is 5.60. The summed E-state index contributed by atoms with van der Waals surface area (Å²) >= 11 is 0. The molecule has 1 aromatic carbocycles. The Morgan fingerprint density at radius 1 is 1.35 bits per heavy atom. The second-order valence-corrected chi connectivity index (χ2v) is 8.63. The average molecular weight is 427 g/mol. The predicted molar refractivity (Wildman–Crippen MR) is 121 cm³/mol. The Bertz CT molecular complexity index is 894. The highest BCUT2D eigenvalue weighted by Gasteiger charge is 2.35. The number of rotatable bonds is 10. The Kier molecular flexibility index (Phi) is 7.65. The molecule has 8 heteroatoms. The fourth-order valence-corrected chi connectivity index (χ4v) is 4.03. The number of hydrogen-bond donors (Lipinski definition) is 1. The number of fused-ring (bicyclic) bond motifs is 1. The summed E-state index contributed by atoms with van der Waals surface area (Å²) in [7, 11) is 0. The number of aryl methyl sites for hydroxylation is 1. The topological polar surface area (TPSA) is 83.4 Å². The molecule has 2 aromatic rings. The number of amides is 2. The number of carbonyl (C=O) groups is 2. The van der Waals surface area contributed by atoms with E-state index in [0.29, 0.717) is 25.4 Å². The Morgan fingerprint density at radius 2 is 2.16 bits per heavy atom. The molecule has 0 bridgehead atoms. The molecule has 0 unspecified atom stereocenters. The summed E-state index contributed by atoms with van der Waals surface area (Å²) in [6, 6.07) is 8.07. The van der Waals surface area contributed by atoms with Crippen LogP contribution in [0.5, 0.6) is 0 Å². The molecule has 8 nitrogen and oxygen atoms in total. The monoisotopic (exact) mass is 426 g/mol. The zero-order chi connectivity index (χ0) is 22.4. The van der Waals surface area contributed by atoms with Crippen molar-refractivity contribution in [3.63, 3.8) is 0 Å². The SMILES string of the molecule is CCN(CCCNC(=O)CN1Cc2cnnn2[C@@H](CC(C)C)C1=O)c1cccc(C)c1. The molecule has 0 aliphatic carbocycles. The van der Waals surface area contributed by atoms with Crippen molar-refractivity contribution in [2.45, 2.75) is 53.1 Å². The summed E-state index contributed by atoms with van der Waals surface area (Å²) in [5.74, 6) is 0.157. The van der Waals surface area contributed by atoms with Crippen LogP contribution < -0.4 is 10.2 Å². The van der Waals surface area contributed by atoms with Gasteiger partial charge in [-0.2, -0.15) is 0 Å². The van der Waals surface area contributed by atoms with Crippen LogP contribution >= 0.6 is 0 Å². The quantitative estimate of drug-likeness (QED) is 0.591. The molecule has 0 saturated heterocycles. The molecule has 1 atom stereocenters. The summed E-state index contributed by atoms with van der Waals surface area (Å²) in [5.41, 5.74) is 3.31. The zero-order valence-corrected chi connectivity index (χ0v) is 19.0. The summed E-state index contributed by atoms with van der Waals surface area (Å²) in [4.78, 5) is 29.4. The molecule has 0 spiro atoms. The number of hydrogen-bond acceptors (Lipinski definition) is 5. The van der Waals surface area contributed by atoms with Crippen LogP contribution in [0.15, 0.2) is 30.5 Å². The predicted octanol–water partition coefficient (Wildman–Crippen LogP) is 2.55. The first-order valence-electron chi connectivity index (χ1n) is 11.1. The third kappa shape index (κ3) is 5.83. The van der Waals surface area contributed by atoms with Gasteiger partial charge in [0.1, 0.15) is 6.04 Å². The van der Waals surface area contributed by atoms with Crippen molar-refractivity contribution in [3.8, 4) is 0 Å². The third-order valence-electron chi connectivity index (χ3n) is 5.60. The minimum Gasteiger partial charge on any atom is -0.372 e. The number of aromatic nitrogens is 3. The lowest BCUT2D eigenvalue weighted by atomic mass is 10.0. The first kappa shape index (κ1) is 22.8. The van der Waals surface area contributed by atoms with Crippen molar-refractivity contribution >= 4 is 17.5 Å². The van der Waals surface area contributed by atoms with Crippen molar-refractivity contribution in [2.75, 3.05) is 31.1 Å². The number of benzene rings is 1. The largest absolute Gasteiger partial charge is 0.372 e. The molecule has 31 heavy (non-hydrogen) atoms. The van der Waals surface area contributed by atoms with Gasteiger partial charge < -0.3 is 15.1 Å². The summed E-state index contributed by atoms with van der Waals surface area (Å²) < 4.78 is 1.71. The fraction of sp³-hybridized carbons (Fsp3) is 0.565. The van der Waals surface area contributed by atoms with Crippen molar-refractivity contribution in [2.24, 2.45) is 5.92 Å². The van der Waals surface area contributed by atoms with Crippen LogP contribution in [-0.2, 0) is 16.1 Å². The number of nitrogens with one attached hydrogen (secondary N) is 1. The molecule has 1 aliphatic heterocycles. The van der Waals surface area contributed by atoms with E-state index in [0.717, 1.165) is 25.2 Å². The first-order valence-corrected chi connectivity index (χ1v) is 11.1. The molecule has 0 fully saturated rings. The zero-order valence-electron chi connectivity index (χ0n) is 19.0. The maximum Gasteiger partial charge on any atom is 0.248 e. The maximum atomic E-state index is 13.0. The van der Waals surface area contributed by atoms with Gasteiger partial charge in [-0.05, 0) is 50.3 Å². The van der Waals surface area contributed by atoms with Crippen molar-refractivity contribution in [1.29, 1.82) is 0 Å². The Morgan fingerprint density at radius 3 is 2.87 bits per heavy atom. The van der Waals surface area contributed by atoms with Crippen molar-refractivity contribution < 1.29 is 9.59 Å². The van der Waals surface area contributed by atoms with Gasteiger partial charge in [0.25, 0.3) is 0 Å². The van der Waals surface area contributed by atoms with E-state index in [4.69, 9.17) is 0 Å². The smallest absolute Gasteiger partial charge is 0.248 e. The van der Waals surface area contributed by atoms with E-state index in [2.05, 4.69) is 72.5 Å². The van der Waals surface area contributed by atoms with Crippen molar-refractivity contribution in [1.82, 2.24) is 25.2 Å². The van der Waals surface area contributed by atoms with E-state index >= 15 is 0 Å². The Balaban J connectivity index is 1.49. The molecular weight excluding hydrogens is 392 g/mol. The molecule has 0 saturated carbocycles. The lowest BCUT2D eigenvalue weighted by Gasteiger charge is -2.33. The van der Waals surface area contributed by atoms with Gasteiger partial charge in [0.2, 0.25) is 11.8 Å². The van der Waals surface area contributed by atoms with Gasteiger partial charge in [-0.1, -0.05) is 31.2 Å². The second kappa shape index (κ2) is 10.4. The van der Waals surface area contributed by atoms with Gasteiger partial charge in [0, 0.05) is 25.3 Å². The lowest BCUT2D eigenvalue weighted by Crippen LogP contribution is -2.47. The van der Waals surface area contributed by atoms with E-state index in [9.17, 15) is 9.59 Å². The molecule has 1 aliphatic rings. The molecule has 168 valence electrons. The summed E-state index contributed by atoms with van der Waals surface area (Å²) in [6.07, 6.45) is 3.20. The Hall–Kier alpha value is -2.90. The number of anilines is 1. The van der Waals surface area contributed by atoms with Crippen LogP contribution in [0, 0.1) is 12.8 Å². The van der Waals surface area contributed by atoms with E-state index in [-0.39, 0.29) is 24.4 Å². The van der Waals surface area contributed by atoms with E-state index < -0.39 is 0 Å². The van der Waals surface area contributed by atoms with Crippen LogP contribution in [0.4, 0.5) is 5.69 Å². The molecular formula is C23H34N6O2. The lowest BCUT2D eigenvalue weighted by molar-refractivity contribution is -0.142. The first-order chi connectivity index (χ1) is 14.9. The number of carbonyl (C=O) groups excluding carboxylic acids is 2. The molecule has 3 rings (SSSR count). The molecule has 0 radical (unpaired) electrons. The minimum absolute atomic E-state index is 0.0570. The number of nitrogens with zero attached hydrogens (tertiary/aromatic N) is 5. The van der Waals surface area contributed by atoms with Gasteiger partial charge >= 0.3 is 0 Å². The van der Waals surface area contributed by atoms with Gasteiger partial charge in [-0.15, -0.1) is 5.10 Å². The van der Waals surface area contributed by atoms with Gasteiger partial charge in [-0.25, -0.2) is 4.68 Å². The van der Waals surface area contributed by atoms with Gasteiger partial charge in [0.05, 0.1) is 25.0 Å². The van der Waals surface area contributed by atoms with E-state index in [1.807, 2.05) is 0 Å². The fourth-order valence-electron chi connectivity index (χ4n) is 4.03. The molecule has 1 N–H and O–H groups in total. The summed E-state index contributed by atoms with van der Waals surface area (Å²) in [6.45, 7) is 11.2. The highest BCUT2D eigenvalue weighted by atomic mass is 16.2. The second-order valence-electron chi connectivity index (χ2n) is 8.63. The normalized spacial score (nSPS) is 15.8. The molecule has 1 aromatic heterocycles. The van der Waals surface area contributed by atoms with Gasteiger partial charge in [-0.3, -0.25) is 9.59 Å². The van der Waals surface area contributed by atoms with Crippen LogP contribution in [0.2, 0.25) is 0 Å². The van der Waals surface area contributed by atoms with Crippen LogP contribution in [-0.4, -0.2) is 57.9 Å². The van der Waals surface area contributed by atoms with Gasteiger partial charge in [0.15, 0.2) is 0 Å². The summed E-state index contributed by atoms with van der Waals surface area (Å²) in [5, 5.41) is 11.0. The minimum atomic E-state index is -0.383.